The van der Waals surface area contributed by atoms with Gasteiger partial charge in [0.2, 0.25) is 5.91 Å². The van der Waals surface area contributed by atoms with Gasteiger partial charge in [0.25, 0.3) is 0 Å². The summed E-state index contributed by atoms with van der Waals surface area (Å²) in [5.41, 5.74) is 5.59. The second-order valence-corrected chi connectivity index (χ2v) is 7.98. The fraction of sp³-hybridized carbons (Fsp3) is 0.737. The van der Waals surface area contributed by atoms with Crippen molar-refractivity contribution in [3.8, 4) is 0 Å². The van der Waals surface area contributed by atoms with Gasteiger partial charge in [0.1, 0.15) is 11.6 Å². The standard InChI is InChI=1S/C19H31N5O/c1-19(9-5-3-4-6-10-19)18(25)24-12-8-15(13-24)23(2)14-17-21-11-7-16(20)22-17/h7,11,15H,3-6,8-10,12-14H2,1-2H3,(H2,20,21,22). The Morgan fingerprint density at radius 1 is 1.36 bits per heavy atom. The summed E-state index contributed by atoms with van der Waals surface area (Å²) in [6, 6.07) is 2.07. The minimum Gasteiger partial charge on any atom is -0.384 e. The van der Waals surface area contributed by atoms with Crippen LogP contribution in [-0.4, -0.2) is 51.9 Å². The van der Waals surface area contributed by atoms with Gasteiger partial charge in [-0.2, -0.15) is 0 Å². The van der Waals surface area contributed by atoms with E-state index in [1.807, 2.05) is 0 Å². The second-order valence-electron chi connectivity index (χ2n) is 7.98. The summed E-state index contributed by atoms with van der Waals surface area (Å²) in [4.78, 5) is 26.0. The Kier molecular flexibility index (Phi) is 5.57. The number of anilines is 1. The first kappa shape index (κ1) is 18.1. The molecule has 1 aliphatic carbocycles. The topological polar surface area (TPSA) is 75.4 Å². The lowest BCUT2D eigenvalue weighted by atomic mass is 9.81. The summed E-state index contributed by atoms with van der Waals surface area (Å²) in [7, 11) is 2.08. The minimum atomic E-state index is -0.152. The first-order chi connectivity index (χ1) is 12.0. The third kappa shape index (κ3) is 4.29. The maximum absolute atomic E-state index is 13.1. The van der Waals surface area contributed by atoms with Gasteiger partial charge in [-0.3, -0.25) is 9.69 Å². The van der Waals surface area contributed by atoms with Crippen LogP contribution in [0.2, 0.25) is 0 Å². The Morgan fingerprint density at radius 2 is 2.08 bits per heavy atom. The van der Waals surface area contributed by atoms with Crippen LogP contribution >= 0.6 is 0 Å². The van der Waals surface area contributed by atoms with Gasteiger partial charge in [-0.25, -0.2) is 9.97 Å². The number of likely N-dealkylation sites (N-methyl/N-ethyl adjacent to an activating group) is 1. The zero-order valence-corrected chi connectivity index (χ0v) is 15.6. The first-order valence-electron chi connectivity index (χ1n) is 9.55. The van der Waals surface area contributed by atoms with Crippen LogP contribution in [0.25, 0.3) is 0 Å². The Morgan fingerprint density at radius 3 is 2.76 bits per heavy atom. The fourth-order valence-electron chi connectivity index (χ4n) is 4.23. The highest BCUT2D eigenvalue weighted by Gasteiger charge is 2.39. The summed E-state index contributed by atoms with van der Waals surface area (Å²) >= 11 is 0. The van der Waals surface area contributed by atoms with Crippen molar-refractivity contribution in [2.75, 3.05) is 25.9 Å². The lowest BCUT2D eigenvalue weighted by Crippen LogP contribution is -2.43. The van der Waals surface area contributed by atoms with Gasteiger partial charge in [-0.05, 0) is 32.4 Å². The van der Waals surface area contributed by atoms with E-state index in [0.717, 1.165) is 38.2 Å². The van der Waals surface area contributed by atoms with E-state index in [1.165, 1.54) is 25.7 Å². The predicted molar refractivity (Wildman–Crippen MR) is 98.7 cm³/mol. The molecule has 1 amide bonds. The molecule has 1 aliphatic heterocycles. The number of carbonyl (C=O) groups is 1. The van der Waals surface area contributed by atoms with E-state index in [-0.39, 0.29) is 5.41 Å². The maximum Gasteiger partial charge on any atom is 0.228 e. The van der Waals surface area contributed by atoms with E-state index >= 15 is 0 Å². The number of rotatable bonds is 4. The van der Waals surface area contributed by atoms with Gasteiger partial charge in [0.15, 0.2) is 0 Å². The van der Waals surface area contributed by atoms with E-state index in [1.54, 1.807) is 12.3 Å². The molecule has 0 spiro atoms. The highest BCUT2D eigenvalue weighted by molar-refractivity contribution is 5.82. The average molecular weight is 345 g/mol. The smallest absolute Gasteiger partial charge is 0.228 e. The number of nitrogens with two attached hydrogens (primary N) is 1. The predicted octanol–water partition coefficient (Wildman–Crippen LogP) is 2.45. The van der Waals surface area contributed by atoms with Crippen molar-refractivity contribution in [2.45, 2.75) is 64.5 Å². The highest BCUT2D eigenvalue weighted by Crippen LogP contribution is 2.37. The molecular formula is C19H31N5O. The van der Waals surface area contributed by atoms with Crippen LogP contribution in [0.15, 0.2) is 12.3 Å². The maximum atomic E-state index is 13.1. The normalized spacial score (nSPS) is 23.6. The van der Waals surface area contributed by atoms with E-state index in [0.29, 0.717) is 24.3 Å². The Balaban J connectivity index is 1.58. The molecular weight excluding hydrogens is 314 g/mol. The van der Waals surface area contributed by atoms with Crippen LogP contribution in [0.4, 0.5) is 5.82 Å². The van der Waals surface area contributed by atoms with Crippen LogP contribution in [0, 0.1) is 5.41 Å². The number of nitrogen functional groups attached to an aromatic ring is 1. The summed E-state index contributed by atoms with van der Waals surface area (Å²) < 4.78 is 0. The van der Waals surface area contributed by atoms with Crippen LogP contribution in [-0.2, 0) is 11.3 Å². The number of hydrogen-bond acceptors (Lipinski definition) is 5. The summed E-state index contributed by atoms with van der Waals surface area (Å²) in [5.74, 6) is 1.61. The Hall–Kier alpha value is -1.69. The van der Waals surface area contributed by atoms with Gasteiger partial charge in [0, 0.05) is 30.7 Å². The Bertz CT molecular complexity index is 597. The van der Waals surface area contributed by atoms with Gasteiger partial charge in [0.05, 0.1) is 6.54 Å². The molecule has 0 aromatic carbocycles. The molecule has 138 valence electrons. The largest absolute Gasteiger partial charge is 0.384 e. The molecule has 1 aromatic rings. The van der Waals surface area contributed by atoms with Crippen LogP contribution in [0.1, 0.15) is 57.7 Å². The average Bonchev–Trinajstić information content (AvgIpc) is 2.97. The zero-order valence-electron chi connectivity index (χ0n) is 15.6. The summed E-state index contributed by atoms with van der Waals surface area (Å²) in [5, 5.41) is 0. The van der Waals surface area contributed by atoms with Crippen molar-refractivity contribution in [1.29, 1.82) is 0 Å². The number of aromatic nitrogens is 2. The van der Waals surface area contributed by atoms with Crippen molar-refractivity contribution in [3.63, 3.8) is 0 Å². The number of likely N-dealkylation sites (tertiary alicyclic amines) is 1. The number of nitrogens with zero attached hydrogens (tertiary/aromatic N) is 4. The molecule has 1 aromatic heterocycles. The molecule has 1 unspecified atom stereocenters. The summed E-state index contributed by atoms with van der Waals surface area (Å²) in [6.45, 7) is 4.52. The fourth-order valence-corrected chi connectivity index (χ4v) is 4.23. The van der Waals surface area contributed by atoms with Crippen molar-refractivity contribution >= 4 is 11.7 Å². The molecule has 3 rings (SSSR count). The van der Waals surface area contributed by atoms with Crippen molar-refractivity contribution < 1.29 is 4.79 Å². The number of carbonyl (C=O) groups excluding carboxylic acids is 1. The monoisotopic (exact) mass is 345 g/mol. The summed E-state index contributed by atoms with van der Waals surface area (Å²) in [6.07, 6.45) is 9.71. The van der Waals surface area contributed by atoms with Gasteiger partial charge in [-0.15, -0.1) is 0 Å². The molecule has 1 saturated carbocycles. The lowest BCUT2D eigenvalue weighted by molar-refractivity contribution is -0.141. The quantitative estimate of drug-likeness (QED) is 0.848. The van der Waals surface area contributed by atoms with Crippen LogP contribution < -0.4 is 5.73 Å². The van der Waals surface area contributed by atoms with Crippen molar-refractivity contribution in [1.82, 2.24) is 19.8 Å². The van der Waals surface area contributed by atoms with Crippen molar-refractivity contribution in [3.05, 3.63) is 18.1 Å². The van der Waals surface area contributed by atoms with Gasteiger partial charge < -0.3 is 10.6 Å². The lowest BCUT2D eigenvalue weighted by Gasteiger charge is -2.32. The van der Waals surface area contributed by atoms with E-state index in [9.17, 15) is 4.79 Å². The van der Waals surface area contributed by atoms with Crippen LogP contribution in [0.5, 0.6) is 0 Å². The Labute approximate surface area is 150 Å². The third-order valence-electron chi connectivity index (χ3n) is 5.92. The molecule has 2 N–H and O–H groups in total. The molecule has 0 bridgehead atoms. The third-order valence-corrected chi connectivity index (χ3v) is 5.92. The number of hydrogen-bond donors (Lipinski definition) is 1. The second kappa shape index (κ2) is 7.68. The SMILES string of the molecule is CN(Cc1nccc(N)n1)C1CCN(C(=O)C2(C)CCCCCC2)C1. The number of amides is 1. The zero-order chi connectivity index (χ0) is 17.9. The molecule has 2 heterocycles. The molecule has 25 heavy (non-hydrogen) atoms. The molecule has 6 nitrogen and oxygen atoms in total. The van der Waals surface area contributed by atoms with Gasteiger partial charge in [-0.1, -0.05) is 32.6 Å². The first-order valence-corrected chi connectivity index (χ1v) is 9.55. The molecule has 2 aliphatic rings. The minimum absolute atomic E-state index is 0.152. The molecule has 1 saturated heterocycles. The molecule has 2 fully saturated rings. The molecule has 0 radical (unpaired) electrons. The van der Waals surface area contributed by atoms with Crippen molar-refractivity contribution in [2.24, 2.45) is 5.41 Å². The molecule has 1 atom stereocenters. The van der Waals surface area contributed by atoms with E-state index in [2.05, 4.69) is 33.7 Å². The van der Waals surface area contributed by atoms with Crippen LogP contribution in [0.3, 0.4) is 0 Å². The van der Waals surface area contributed by atoms with E-state index < -0.39 is 0 Å². The highest BCUT2D eigenvalue weighted by atomic mass is 16.2. The van der Waals surface area contributed by atoms with E-state index in [4.69, 9.17) is 5.73 Å². The molecule has 6 heteroatoms. The van der Waals surface area contributed by atoms with Gasteiger partial charge >= 0.3 is 0 Å².